The summed E-state index contributed by atoms with van der Waals surface area (Å²) in [5, 5.41) is 8.38. The van der Waals surface area contributed by atoms with Crippen molar-refractivity contribution in [2.24, 2.45) is 13.0 Å². The molecule has 11 heteroatoms. The molecule has 0 saturated heterocycles. The number of amides is 1. The van der Waals surface area contributed by atoms with Crippen LogP contribution in [0.3, 0.4) is 0 Å². The van der Waals surface area contributed by atoms with Crippen LogP contribution in [-0.2, 0) is 13.2 Å². The van der Waals surface area contributed by atoms with E-state index in [0.29, 0.717) is 24.1 Å². The summed E-state index contributed by atoms with van der Waals surface area (Å²) in [4.78, 5) is 19.2. The van der Waals surface area contributed by atoms with Crippen LogP contribution in [0, 0.1) is 5.92 Å². The zero-order valence-electron chi connectivity index (χ0n) is 16.8. The third-order valence-electron chi connectivity index (χ3n) is 5.22. The Bertz CT molecular complexity index is 1100. The molecule has 1 amide bonds. The Labute approximate surface area is 181 Å². The van der Waals surface area contributed by atoms with Crippen LogP contribution in [0.25, 0.3) is 5.82 Å². The molecule has 4 rings (SSSR count). The number of carbonyl (C=O) groups is 1. The van der Waals surface area contributed by atoms with Crippen LogP contribution in [-0.4, -0.2) is 41.9 Å². The van der Waals surface area contributed by atoms with Gasteiger partial charge in [-0.25, -0.2) is 4.98 Å². The SMILES string of the molecule is CC(c1ncnn1-c1ccn(C)n1)N(CC1CC1)C(=O)c1cc(Cl)cc(C(F)(F)F)c1. The number of aryl methyl sites for hydroxylation is 1. The fourth-order valence-electron chi connectivity index (χ4n) is 3.41. The van der Waals surface area contributed by atoms with Gasteiger partial charge in [-0.3, -0.25) is 9.48 Å². The monoisotopic (exact) mass is 452 g/mol. The number of halogens is 4. The van der Waals surface area contributed by atoms with E-state index in [1.54, 1.807) is 30.9 Å². The van der Waals surface area contributed by atoms with Gasteiger partial charge in [0.2, 0.25) is 0 Å². The minimum Gasteiger partial charge on any atom is -0.328 e. The molecule has 1 unspecified atom stereocenters. The average Bonchev–Trinajstić information content (AvgIpc) is 3.20. The summed E-state index contributed by atoms with van der Waals surface area (Å²) in [5.74, 6) is 0.760. The Balaban J connectivity index is 1.70. The third kappa shape index (κ3) is 4.58. The van der Waals surface area contributed by atoms with Crippen LogP contribution in [0.4, 0.5) is 13.2 Å². The van der Waals surface area contributed by atoms with Gasteiger partial charge in [0.15, 0.2) is 11.6 Å². The van der Waals surface area contributed by atoms with E-state index >= 15 is 0 Å². The molecule has 0 bridgehead atoms. The van der Waals surface area contributed by atoms with Crippen molar-refractivity contribution in [3.8, 4) is 5.82 Å². The second-order valence-electron chi connectivity index (χ2n) is 7.68. The van der Waals surface area contributed by atoms with Crippen LogP contribution >= 0.6 is 11.6 Å². The zero-order valence-corrected chi connectivity index (χ0v) is 17.6. The van der Waals surface area contributed by atoms with E-state index in [4.69, 9.17) is 11.6 Å². The van der Waals surface area contributed by atoms with Gasteiger partial charge in [0, 0.05) is 36.4 Å². The lowest BCUT2D eigenvalue weighted by Gasteiger charge is -2.29. The Morgan fingerprint density at radius 2 is 2.06 bits per heavy atom. The molecule has 0 aliphatic heterocycles. The molecule has 2 aromatic heterocycles. The predicted molar refractivity (Wildman–Crippen MR) is 107 cm³/mol. The normalized spacial score (nSPS) is 15.2. The summed E-state index contributed by atoms with van der Waals surface area (Å²) in [6.45, 7) is 2.18. The summed E-state index contributed by atoms with van der Waals surface area (Å²) in [6, 6.07) is 4.11. The van der Waals surface area contributed by atoms with E-state index in [0.717, 1.165) is 25.0 Å². The fraction of sp³-hybridized carbons (Fsp3) is 0.400. The number of alkyl halides is 3. The number of carbonyl (C=O) groups excluding carboxylic acids is 1. The lowest BCUT2D eigenvalue weighted by atomic mass is 10.1. The molecule has 1 atom stereocenters. The van der Waals surface area contributed by atoms with Crippen molar-refractivity contribution in [2.45, 2.75) is 32.0 Å². The molecule has 164 valence electrons. The van der Waals surface area contributed by atoms with E-state index < -0.39 is 23.7 Å². The highest BCUT2D eigenvalue weighted by molar-refractivity contribution is 6.31. The molecule has 0 spiro atoms. The van der Waals surface area contributed by atoms with Gasteiger partial charge in [0.1, 0.15) is 6.33 Å². The molecule has 7 nitrogen and oxygen atoms in total. The summed E-state index contributed by atoms with van der Waals surface area (Å²) in [6.07, 6.45) is 0.441. The predicted octanol–water partition coefficient (Wildman–Crippen LogP) is 4.29. The van der Waals surface area contributed by atoms with Gasteiger partial charge in [0.25, 0.3) is 5.91 Å². The maximum Gasteiger partial charge on any atom is 0.416 e. The molecule has 1 aliphatic rings. The Morgan fingerprint density at radius 1 is 1.32 bits per heavy atom. The molecule has 1 aromatic carbocycles. The van der Waals surface area contributed by atoms with Gasteiger partial charge in [-0.15, -0.1) is 0 Å². The van der Waals surface area contributed by atoms with Crippen LogP contribution in [0.1, 0.15) is 47.6 Å². The van der Waals surface area contributed by atoms with Crippen molar-refractivity contribution in [2.75, 3.05) is 6.54 Å². The highest BCUT2D eigenvalue weighted by Crippen LogP contribution is 2.35. The number of nitrogens with zero attached hydrogens (tertiary/aromatic N) is 6. The van der Waals surface area contributed by atoms with Crippen molar-refractivity contribution in [1.82, 2.24) is 29.4 Å². The average molecular weight is 453 g/mol. The molecule has 3 aromatic rings. The topological polar surface area (TPSA) is 68.8 Å². The molecule has 1 saturated carbocycles. The van der Waals surface area contributed by atoms with E-state index in [1.807, 2.05) is 0 Å². The van der Waals surface area contributed by atoms with Gasteiger partial charge in [-0.1, -0.05) is 11.6 Å². The van der Waals surface area contributed by atoms with Gasteiger partial charge in [0.05, 0.1) is 11.6 Å². The maximum absolute atomic E-state index is 13.4. The lowest BCUT2D eigenvalue weighted by Crippen LogP contribution is -2.36. The quantitative estimate of drug-likeness (QED) is 0.559. The standard InChI is InChI=1S/C20H20ClF3N6O/c1-12(18-25-11-26-30(18)17-5-6-28(2)27-17)29(10-13-3-4-13)19(31)14-7-15(20(22,23)24)9-16(21)8-14/h5-9,11-13H,3-4,10H2,1-2H3. The molecular weight excluding hydrogens is 433 g/mol. The summed E-state index contributed by atoms with van der Waals surface area (Å²) in [5.41, 5.74) is -1.07. The molecular formula is C20H20ClF3N6O. The second kappa shape index (κ2) is 7.99. The number of rotatable bonds is 6. The van der Waals surface area contributed by atoms with Crippen LogP contribution in [0.5, 0.6) is 0 Å². The second-order valence-corrected chi connectivity index (χ2v) is 8.12. The number of hydrogen-bond acceptors (Lipinski definition) is 4. The minimum atomic E-state index is -4.61. The van der Waals surface area contributed by atoms with E-state index in [9.17, 15) is 18.0 Å². The van der Waals surface area contributed by atoms with Crippen LogP contribution < -0.4 is 0 Å². The molecule has 31 heavy (non-hydrogen) atoms. The lowest BCUT2D eigenvalue weighted by molar-refractivity contribution is -0.137. The maximum atomic E-state index is 13.4. The van der Waals surface area contributed by atoms with Gasteiger partial charge >= 0.3 is 6.18 Å². The largest absolute Gasteiger partial charge is 0.416 e. The minimum absolute atomic E-state index is 0.115. The number of hydrogen-bond donors (Lipinski definition) is 0. The molecule has 1 fully saturated rings. The summed E-state index contributed by atoms with van der Waals surface area (Å²) < 4.78 is 42.9. The van der Waals surface area contributed by atoms with Gasteiger partial charge < -0.3 is 4.90 Å². The van der Waals surface area contributed by atoms with Gasteiger partial charge in [-0.05, 0) is 43.9 Å². The first-order chi connectivity index (χ1) is 14.6. The number of aromatic nitrogens is 5. The van der Waals surface area contributed by atoms with E-state index in [-0.39, 0.29) is 10.6 Å². The summed E-state index contributed by atoms with van der Waals surface area (Å²) >= 11 is 5.90. The molecule has 0 radical (unpaired) electrons. The molecule has 0 N–H and O–H groups in total. The Morgan fingerprint density at radius 3 is 2.68 bits per heavy atom. The van der Waals surface area contributed by atoms with Crippen molar-refractivity contribution in [3.63, 3.8) is 0 Å². The van der Waals surface area contributed by atoms with Crippen molar-refractivity contribution in [1.29, 1.82) is 0 Å². The Kier molecular flexibility index (Phi) is 5.50. The number of benzene rings is 1. The van der Waals surface area contributed by atoms with E-state index in [1.165, 1.54) is 22.0 Å². The smallest absolute Gasteiger partial charge is 0.328 e. The molecule has 2 heterocycles. The Hall–Kier alpha value is -2.88. The summed E-state index contributed by atoms with van der Waals surface area (Å²) in [7, 11) is 1.77. The van der Waals surface area contributed by atoms with Crippen molar-refractivity contribution < 1.29 is 18.0 Å². The third-order valence-corrected chi connectivity index (χ3v) is 5.43. The first kappa shape index (κ1) is 21.4. The van der Waals surface area contributed by atoms with Gasteiger partial charge in [-0.2, -0.15) is 28.1 Å². The fourth-order valence-corrected chi connectivity index (χ4v) is 3.64. The molecule has 1 aliphatic carbocycles. The first-order valence-corrected chi connectivity index (χ1v) is 10.1. The highest BCUT2D eigenvalue weighted by atomic mass is 35.5. The van der Waals surface area contributed by atoms with Crippen LogP contribution in [0.15, 0.2) is 36.8 Å². The highest BCUT2D eigenvalue weighted by Gasteiger charge is 2.35. The van der Waals surface area contributed by atoms with E-state index in [2.05, 4.69) is 15.2 Å². The zero-order chi connectivity index (χ0) is 22.3. The van der Waals surface area contributed by atoms with Crippen LogP contribution in [0.2, 0.25) is 5.02 Å². The van der Waals surface area contributed by atoms with Crippen molar-refractivity contribution in [3.05, 3.63) is 58.8 Å². The first-order valence-electron chi connectivity index (χ1n) is 9.72. The van der Waals surface area contributed by atoms with Crippen molar-refractivity contribution >= 4 is 17.5 Å².